The van der Waals surface area contributed by atoms with E-state index in [-0.39, 0.29) is 0 Å². The third kappa shape index (κ3) is 3.89. The Bertz CT molecular complexity index is 515. The van der Waals surface area contributed by atoms with Crippen molar-refractivity contribution in [3.05, 3.63) is 45.9 Å². The van der Waals surface area contributed by atoms with E-state index in [1.165, 1.54) is 47.7 Å². The van der Waals surface area contributed by atoms with E-state index in [1.807, 2.05) is 11.3 Å². The third-order valence-corrected chi connectivity index (χ3v) is 5.17. The van der Waals surface area contributed by atoms with Crippen molar-refractivity contribution in [3.8, 4) is 0 Å². The van der Waals surface area contributed by atoms with Crippen molar-refractivity contribution in [1.82, 2.24) is 10.2 Å². The molecule has 3 heteroatoms. The van der Waals surface area contributed by atoms with Crippen LogP contribution in [0.1, 0.15) is 47.7 Å². The maximum absolute atomic E-state index is 4.39. The smallest absolute Gasteiger partial charge is 0.117 e. The lowest BCUT2D eigenvalue weighted by atomic mass is 9.87. The fourth-order valence-electron chi connectivity index (χ4n) is 3.01. The van der Waals surface area contributed by atoms with Gasteiger partial charge < -0.3 is 0 Å². The third-order valence-electron chi connectivity index (χ3n) is 4.17. The summed E-state index contributed by atoms with van der Waals surface area (Å²) in [4.78, 5) is 0. The number of aryl methyl sites for hydroxylation is 2. The Labute approximate surface area is 125 Å². The van der Waals surface area contributed by atoms with Gasteiger partial charge in [0.25, 0.3) is 0 Å². The molecule has 0 atom stereocenters. The summed E-state index contributed by atoms with van der Waals surface area (Å²) >= 11 is 1.82. The van der Waals surface area contributed by atoms with Crippen molar-refractivity contribution in [2.45, 2.75) is 51.4 Å². The SMILES string of the molecule is c1ccc(CCc2nnc(CC3CCCCC3)s2)cc1. The van der Waals surface area contributed by atoms with Gasteiger partial charge in [0.1, 0.15) is 10.0 Å². The molecule has 1 aromatic heterocycles. The zero-order valence-electron chi connectivity index (χ0n) is 11.9. The van der Waals surface area contributed by atoms with E-state index in [4.69, 9.17) is 0 Å². The van der Waals surface area contributed by atoms with E-state index < -0.39 is 0 Å². The summed E-state index contributed by atoms with van der Waals surface area (Å²) in [5, 5.41) is 11.2. The molecule has 106 valence electrons. The number of hydrogen-bond donors (Lipinski definition) is 0. The van der Waals surface area contributed by atoms with Gasteiger partial charge in [0, 0.05) is 12.8 Å². The highest BCUT2D eigenvalue weighted by Crippen LogP contribution is 2.27. The lowest BCUT2D eigenvalue weighted by molar-refractivity contribution is 0.356. The molecular weight excluding hydrogens is 264 g/mol. The summed E-state index contributed by atoms with van der Waals surface area (Å²) in [6.45, 7) is 0. The number of hydrogen-bond acceptors (Lipinski definition) is 3. The Morgan fingerprint density at radius 2 is 1.65 bits per heavy atom. The molecule has 1 fully saturated rings. The molecule has 1 aromatic carbocycles. The van der Waals surface area contributed by atoms with Crippen LogP contribution in [-0.4, -0.2) is 10.2 Å². The van der Waals surface area contributed by atoms with Gasteiger partial charge in [-0.1, -0.05) is 62.4 Å². The molecule has 0 spiro atoms. The molecule has 1 heterocycles. The van der Waals surface area contributed by atoms with Crippen LogP contribution < -0.4 is 0 Å². The molecule has 0 radical (unpaired) electrons. The van der Waals surface area contributed by atoms with Crippen molar-refractivity contribution in [1.29, 1.82) is 0 Å². The van der Waals surface area contributed by atoms with Crippen LogP contribution in [0.5, 0.6) is 0 Å². The van der Waals surface area contributed by atoms with Gasteiger partial charge in [0.05, 0.1) is 0 Å². The summed E-state index contributed by atoms with van der Waals surface area (Å²) in [6, 6.07) is 10.6. The molecule has 2 nitrogen and oxygen atoms in total. The Hall–Kier alpha value is -1.22. The lowest BCUT2D eigenvalue weighted by Crippen LogP contribution is -2.08. The highest BCUT2D eigenvalue weighted by molar-refractivity contribution is 7.11. The Kier molecular flexibility index (Phi) is 4.80. The number of rotatable bonds is 5. The molecule has 0 bridgehead atoms. The summed E-state index contributed by atoms with van der Waals surface area (Å²) in [6.07, 6.45) is 10.3. The second-order valence-electron chi connectivity index (χ2n) is 5.78. The number of nitrogens with zero attached hydrogens (tertiary/aromatic N) is 2. The molecule has 0 unspecified atom stereocenters. The summed E-state index contributed by atoms with van der Waals surface area (Å²) in [5.41, 5.74) is 1.39. The van der Waals surface area contributed by atoms with Crippen molar-refractivity contribution in [2.24, 2.45) is 5.92 Å². The maximum Gasteiger partial charge on any atom is 0.117 e. The van der Waals surface area contributed by atoms with Gasteiger partial charge in [-0.3, -0.25) is 0 Å². The molecule has 0 saturated heterocycles. The van der Waals surface area contributed by atoms with E-state index in [0.717, 1.165) is 25.2 Å². The predicted octanol–water partition coefficient (Wildman–Crippen LogP) is 4.45. The van der Waals surface area contributed by atoms with Gasteiger partial charge in [0.2, 0.25) is 0 Å². The van der Waals surface area contributed by atoms with E-state index in [2.05, 4.69) is 40.5 Å². The van der Waals surface area contributed by atoms with Crippen LogP contribution in [0.15, 0.2) is 30.3 Å². The highest BCUT2D eigenvalue weighted by atomic mass is 32.1. The highest BCUT2D eigenvalue weighted by Gasteiger charge is 2.16. The molecule has 1 saturated carbocycles. The molecule has 3 rings (SSSR count). The predicted molar refractivity (Wildman–Crippen MR) is 84.0 cm³/mol. The Balaban J connectivity index is 1.51. The molecule has 0 amide bonds. The average Bonchev–Trinajstić information content (AvgIpc) is 2.95. The summed E-state index contributed by atoms with van der Waals surface area (Å²) < 4.78 is 0. The minimum Gasteiger partial charge on any atom is -0.144 e. The maximum atomic E-state index is 4.39. The standard InChI is InChI=1S/C17H22N2S/c1-3-7-14(8-4-1)11-12-16-18-19-17(20-16)13-15-9-5-2-6-10-15/h1,3-4,7-8,15H,2,5-6,9-13H2. The van der Waals surface area contributed by atoms with Crippen molar-refractivity contribution < 1.29 is 0 Å². The monoisotopic (exact) mass is 286 g/mol. The second-order valence-corrected chi connectivity index (χ2v) is 6.93. The summed E-state index contributed by atoms with van der Waals surface area (Å²) in [7, 11) is 0. The van der Waals surface area contributed by atoms with Gasteiger partial charge in [-0.2, -0.15) is 0 Å². The van der Waals surface area contributed by atoms with Crippen LogP contribution >= 0.6 is 11.3 Å². The lowest BCUT2D eigenvalue weighted by Gasteiger charge is -2.19. The largest absolute Gasteiger partial charge is 0.144 e. The van der Waals surface area contributed by atoms with Crippen LogP contribution in [0.2, 0.25) is 0 Å². The molecular formula is C17H22N2S. The van der Waals surface area contributed by atoms with Crippen LogP contribution in [0.4, 0.5) is 0 Å². The van der Waals surface area contributed by atoms with Crippen LogP contribution in [0.3, 0.4) is 0 Å². The number of aromatic nitrogens is 2. The number of benzene rings is 1. The van der Waals surface area contributed by atoms with Crippen molar-refractivity contribution in [2.75, 3.05) is 0 Å². The van der Waals surface area contributed by atoms with E-state index >= 15 is 0 Å². The topological polar surface area (TPSA) is 25.8 Å². The van der Waals surface area contributed by atoms with Crippen molar-refractivity contribution in [3.63, 3.8) is 0 Å². The van der Waals surface area contributed by atoms with Gasteiger partial charge in [-0.25, -0.2) is 0 Å². The van der Waals surface area contributed by atoms with Gasteiger partial charge in [-0.05, 0) is 17.9 Å². The molecule has 1 aliphatic rings. The van der Waals surface area contributed by atoms with Crippen LogP contribution in [-0.2, 0) is 19.3 Å². The van der Waals surface area contributed by atoms with Crippen LogP contribution in [0, 0.1) is 5.92 Å². The first-order valence-electron chi connectivity index (χ1n) is 7.75. The van der Waals surface area contributed by atoms with Gasteiger partial charge >= 0.3 is 0 Å². The van der Waals surface area contributed by atoms with Crippen LogP contribution in [0.25, 0.3) is 0 Å². The first-order chi connectivity index (χ1) is 9.90. The minimum atomic E-state index is 0.860. The first kappa shape index (κ1) is 13.7. The zero-order valence-corrected chi connectivity index (χ0v) is 12.7. The Morgan fingerprint density at radius 1 is 0.900 bits per heavy atom. The molecule has 1 aliphatic carbocycles. The van der Waals surface area contributed by atoms with E-state index in [9.17, 15) is 0 Å². The van der Waals surface area contributed by atoms with Crippen molar-refractivity contribution >= 4 is 11.3 Å². The zero-order chi connectivity index (χ0) is 13.6. The normalized spacial score (nSPS) is 16.4. The van der Waals surface area contributed by atoms with Gasteiger partial charge in [-0.15, -0.1) is 21.5 Å². The molecule has 20 heavy (non-hydrogen) atoms. The second kappa shape index (κ2) is 6.98. The van der Waals surface area contributed by atoms with Gasteiger partial charge in [0.15, 0.2) is 0 Å². The fraction of sp³-hybridized carbons (Fsp3) is 0.529. The summed E-state index contributed by atoms with van der Waals surface area (Å²) in [5.74, 6) is 0.860. The van der Waals surface area contributed by atoms with E-state index in [1.54, 1.807) is 0 Å². The Morgan fingerprint density at radius 3 is 2.45 bits per heavy atom. The molecule has 0 N–H and O–H groups in total. The fourth-order valence-corrected chi connectivity index (χ4v) is 3.96. The first-order valence-corrected chi connectivity index (χ1v) is 8.57. The minimum absolute atomic E-state index is 0.860. The quantitative estimate of drug-likeness (QED) is 0.811. The average molecular weight is 286 g/mol. The molecule has 2 aromatic rings. The molecule has 0 aliphatic heterocycles. The van der Waals surface area contributed by atoms with E-state index in [0.29, 0.717) is 0 Å².